The summed E-state index contributed by atoms with van der Waals surface area (Å²) in [6, 6.07) is 2.10. The zero-order chi connectivity index (χ0) is 20.3. The van der Waals surface area contributed by atoms with Crippen LogP contribution in [0.2, 0.25) is 5.02 Å². The molecule has 8 heteroatoms. The number of hydrogen-bond acceptors (Lipinski definition) is 5. The Kier molecular flexibility index (Phi) is 6.49. The van der Waals surface area contributed by atoms with E-state index in [1.165, 1.54) is 13.2 Å². The summed E-state index contributed by atoms with van der Waals surface area (Å²) < 4.78 is 10.4. The molecule has 2 N–H and O–H groups in total. The first-order chi connectivity index (χ1) is 12.7. The number of carbonyl (C=O) groups excluding carboxylic acids is 1. The monoisotopic (exact) mass is 395 g/mol. The van der Waals surface area contributed by atoms with Crippen LogP contribution in [0.4, 0.5) is 0 Å². The van der Waals surface area contributed by atoms with Crippen LogP contribution in [0.5, 0.6) is 5.75 Å². The molecule has 0 saturated heterocycles. The standard InChI is InChI=1S/C19H22ClNO6/c1-5-9(2)17(18(23)24)21-16(22)7-12-10(3)11-6-13(20)15(26-4)8-14(11)27-19(12)25/h6,8-9,17H,5,7H2,1-4H3,(H,21,22)(H,23,24)/t9-,17+/m1/s1. The van der Waals surface area contributed by atoms with Crippen LogP contribution in [0.1, 0.15) is 31.4 Å². The van der Waals surface area contributed by atoms with Crippen LogP contribution in [0.3, 0.4) is 0 Å². The van der Waals surface area contributed by atoms with Gasteiger partial charge in [-0.2, -0.15) is 0 Å². The third-order valence-electron chi connectivity index (χ3n) is 4.69. The highest BCUT2D eigenvalue weighted by Gasteiger charge is 2.26. The van der Waals surface area contributed by atoms with Crippen molar-refractivity contribution in [3.63, 3.8) is 0 Å². The number of benzene rings is 1. The first-order valence-electron chi connectivity index (χ1n) is 8.51. The van der Waals surface area contributed by atoms with E-state index >= 15 is 0 Å². The zero-order valence-corrected chi connectivity index (χ0v) is 16.3. The van der Waals surface area contributed by atoms with Crippen molar-refractivity contribution in [3.8, 4) is 5.75 Å². The predicted molar refractivity (Wildman–Crippen MR) is 102 cm³/mol. The second-order valence-corrected chi connectivity index (χ2v) is 6.83. The third kappa shape index (κ3) is 4.42. The van der Waals surface area contributed by atoms with Crippen molar-refractivity contribution in [3.05, 3.63) is 38.7 Å². The second kappa shape index (κ2) is 8.43. The van der Waals surface area contributed by atoms with Gasteiger partial charge in [0.25, 0.3) is 0 Å². The maximum absolute atomic E-state index is 12.4. The van der Waals surface area contributed by atoms with Crippen molar-refractivity contribution in [2.24, 2.45) is 5.92 Å². The van der Waals surface area contributed by atoms with E-state index in [-0.39, 0.29) is 17.9 Å². The van der Waals surface area contributed by atoms with Gasteiger partial charge in [0.1, 0.15) is 17.4 Å². The first-order valence-corrected chi connectivity index (χ1v) is 8.89. The molecule has 0 unspecified atom stereocenters. The Morgan fingerprint density at radius 1 is 1.37 bits per heavy atom. The molecule has 2 atom stereocenters. The van der Waals surface area contributed by atoms with E-state index in [0.29, 0.717) is 33.7 Å². The second-order valence-electron chi connectivity index (χ2n) is 6.42. The SMILES string of the molecule is CC[C@@H](C)[C@H](NC(=O)Cc1c(C)c2cc(Cl)c(OC)cc2oc1=O)C(=O)O. The Morgan fingerprint density at radius 2 is 2.04 bits per heavy atom. The summed E-state index contributed by atoms with van der Waals surface area (Å²) in [4.78, 5) is 36.1. The number of ether oxygens (including phenoxy) is 1. The van der Waals surface area contributed by atoms with Crippen molar-refractivity contribution in [2.75, 3.05) is 7.11 Å². The van der Waals surface area contributed by atoms with E-state index < -0.39 is 23.5 Å². The van der Waals surface area contributed by atoms with Gasteiger partial charge in [0.2, 0.25) is 5.91 Å². The Labute approximate surface area is 161 Å². The summed E-state index contributed by atoms with van der Waals surface area (Å²) >= 11 is 6.14. The van der Waals surface area contributed by atoms with Crippen molar-refractivity contribution in [2.45, 2.75) is 39.7 Å². The van der Waals surface area contributed by atoms with E-state index in [1.807, 2.05) is 6.92 Å². The number of halogens is 1. The fourth-order valence-electron chi connectivity index (χ4n) is 2.82. The molecule has 0 aliphatic rings. The molecule has 7 nitrogen and oxygen atoms in total. The van der Waals surface area contributed by atoms with Crippen molar-refractivity contribution in [1.82, 2.24) is 5.32 Å². The summed E-state index contributed by atoms with van der Waals surface area (Å²) in [6.45, 7) is 5.27. The summed E-state index contributed by atoms with van der Waals surface area (Å²) in [5.41, 5.74) is 0.353. The van der Waals surface area contributed by atoms with E-state index in [1.54, 1.807) is 19.9 Å². The minimum atomic E-state index is -1.11. The van der Waals surface area contributed by atoms with E-state index in [4.69, 9.17) is 20.8 Å². The Hall–Kier alpha value is -2.54. The van der Waals surface area contributed by atoms with Crippen molar-refractivity contribution >= 4 is 34.4 Å². The van der Waals surface area contributed by atoms with Crippen LogP contribution < -0.4 is 15.7 Å². The van der Waals surface area contributed by atoms with Gasteiger partial charge in [-0.05, 0) is 24.5 Å². The van der Waals surface area contributed by atoms with Crippen LogP contribution in [0.15, 0.2) is 21.3 Å². The molecule has 1 amide bonds. The van der Waals surface area contributed by atoms with Gasteiger partial charge in [-0.1, -0.05) is 31.9 Å². The molecule has 0 aliphatic carbocycles. The van der Waals surface area contributed by atoms with Crippen LogP contribution in [-0.2, 0) is 16.0 Å². The number of rotatable bonds is 7. The lowest BCUT2D eigenvalue weighted by Gasteiger charge is -2.20. The Bertz CT molecular complexity index is 936. The number of nitrogens with one attached hydrogen (secondary N) is 1. The molecule has 27 heavy (non-hydrogen) atoms. The number of fused-ring (bicyclic) bond motifs is 1. The van der Waals surface area contributed by atoms with Crippen LogP contribution in [0.25, 0.3) is 11.0 Å². The highest BCUT2D eigenvalue weighted by Crippen LogP contribution is 2.31. The number of aryl methyl sites for hydroxylation is 1. The first kappa shape index (κ1) is 20.8. The number of hydrogen-bond donors (Lipinski definition) is 2. The topological polar surface area (TPSA) is 106 Å². The van der Waals surface area contributed by atoms with Gasteiger partial charge in [0.05, 0.1) is 24.1 Å². The maximum atomic E-state index is 12.4. The zero-order valence-electron chi connectivity index (χ0n) is 15.6. The lowest BCUT2D eigenvalue weighted by Crippen LogP contribution is -2.45. The number of carboxylic acid groups (broad SMARTS) is 1. The predicted octanol–water partition coefficient (Wildman–Crippen LogP) is 2.92. The molecule has 0 radical (unpaired) electrons. The molecule has 1 aromatic carbocycles. The average molecular weight is 396 g/mol. The average Bonchev–Trinajstić information content (AvgIpc) is 2.62. The molecule has 2 aromatic rings. The highest BCUT2D eigenvalue weighted by molar-refractivity contribution is 6.32. The molecule has 146 valence electrons. The van der Waals surface area contributed by atoms with Crippen molar-refractivity contribution < 1.29 is 23.8 Å². The number of carboxylic acids is 1. The van der Waals surface area contributed by atoms with Crippen LogP contribution in [0, 0.1) is 12.8 Å². The number of methoxy groups -OCH3 is 1. The summed E-state index contributed by atoms with van der Waals surface area (Å²) in [5.74, 6) is -1.54. The molecule has 0 fully saturated rings. The smallest absolute Gasteiger partial charge is 0.340 e. The van der Waals surface area contributed by atoms with E-state index in [2.05, 4.69) is 5.32 Å². The third-order valence-corrected chi connectivity index (χ3v) is 4.99. The molecular weight excluding hydrogens is 374 g/mol. The Balaban J connectivity index is 2.37. The molecule has 0 saturated carbocycles. The highest BCUT2D eigenvalue weighted by atomic mass is 35.5. The number of amides is 1. The van der Waals surface area contributed by atoms with Crippen LogP contribution in [-0.4, -0.2) is 30.1 Å². The minimum Gasteiger partial charge on any atom is -0.495 e. The van der Waals surface area contributed by atoms with Gasteiger partial charge in [-0.25, -0.2) is 9.59 Å². The van der Waals surface area contributed by atoms with Crippen molar-refractivity contribution in [1.29, 1.82) is 0 Å². The summed E-state index contributed by atoms with van der Waals surface area (Å²) in [5, 5.41) is 12.7. The molecule has 0 bridgehead atoms. The molecule has 1 aromatic heterocycles. The van der Waals surface area contributed by atoms with Gasteiger partial charge in [-0.3, -0.25) is 4.79 Å². The lowest BCUT2D eigenvalue weighted by atomic mass is 9.98. The molecule has 2 rings (SSSR count). The van der Waals surface area contributed by atoms with Crippen LogP contribution >= 0.6 is 11.6 Å². The quantitative estimate of drug-likeness (QED) is 0.698. The fraction of sp³-hybridized carbons (Fsp3) is 0.421. The molecule has 0 aliphatic heterocycles. The fourth-order valence-corrected chi connectivity index (χ4v) is 3.06. The lowest BCUT2D eigenvalue weighted by molar-refractivity contribution is -0.143. The van der Waals surface area contributed by atoms with Gasteiger partial charge in [-0.15, -0.1) is 0 Å². The largest absolute Gasteiger partial charge is 0.495 e. The number of carbonyl (C=O) groups is 2. The summed E-state index contributed by atoms with van der Waals surface area (Å²) in [7, 11) is 1.45. The van der Waals surface area contributed by atoms with E-state index in [9.17, 15) is 19.5 Å². The maximum Gasteiger partial charge on any atom is 0.340 e. The molecule has 0 spiro atoms. The van der Waals surface area contributed by atoms with Gasteiger partial charge in [0.15, 0.2) is 0 Å². The van der Waals surface area contributed by atoms with E-state index in [0.717, 1.165) is 0 Å². The Morgan fingerprint density at radius 3 is 2.59 bits per heavy atom. The normalized spacial score (nSPS) is 13.2. The molecule has 1 heterocycles. The summed E-state index contributed by atoms with van der Waals surface area (Å²) in [6.07, 6.45) is 0.308. The van der Waals surface area contributed by atoms with Gasteiger partial charge < -0.3 is 19.6 Å². The minimum absolute atomic E-state index is 0.162. The number of aliphatic carboxylic acids is 1. The molecular formula is C19H22ClNO6. The van der Waals surface area contributed by atoms with Gasteiger partial charge in [0, 0.05) is 11.5 Å². The van der Waals surface area contributed by atoms with Gasteiger partial charge >= 0.3 is 11.6 Å².